The third kappa shape index (κ3) is 7.04. The molecule has 2 fully saturated rings. The maximum atomic E-state index is 12.6. The third-order valence-electron chi connectivity index (χ3n) is 4.94. The molecule has 2 heterocycles. The van der Waals surface area contributed by atoms with Crippen LogP contribution >= 0.6 is 27.7 Å². The Balaban J connectivity index is 1.92. The fourth-order valence-electron chi connectivity index (χ4n) is 3.70. The van der Waals surface area contributed by atoms with E-state index >= 15 is 0 Å². The molecule has 194 valence electrons. The first-order valence-corrected chi connectivity index (χ1v) is 14.7. The lowest BCUT2D eigenvalue weighted by Gasteiger charge is -2.27. The van der Waals surface area contributed by atoms with Crippen LogP contribution in [0.25, 0.3) is 0 Å². The highest BCUT2D eigenvalue weighted by molar-refractivity contribution is 9.10. The molecule has 2 aliphatic rings. The fraction of sp³-hybridized carbons (Fsp3) is 0.591. The maximum Gasteiger partial charge on any atom is 0.408 e. The number of hydrogen-bond donors (Lipinski definition) is 1. The number of hydrogen-bond acceptors (Lipinski definition) is 8. The van der Waals surface area contributed by atoms with Gasteiger partial charge in [-0.3, -0.25) is 4.79 Å². The SMILES string of the molecule is CCOc1cc(Br)c(N2C(=NC(=O)CNC(=O)OC(C)(C)C)S[C@@H]3CS(=O)(=O)C[C@@H]32)cc1OCC. The number of halogens is 1. The van der Waals surface area contributed by atoms with Crippen LogP contribution in [-0.2, 0) is 19.4 Å². The third-order valence-corrected chi connectivity index (χ3v) is 8.79. The van der Waals surface area contributed by atoms with Crippen LogP contribution in [0.2, 0.25) is 0 Å². The van der Waals surface area contributed by atoms with Gasteiger partial charge in [0.25, 0.3) is 5.91 Å². The number of nitrogens with one attached hydrogen (secondary N) is 1. The van der Waals surface area contributed by atoms with E-state index in [1.54, 1.807) is 37.8 Å². The summed E-state index contributed by atoms with van der Waals surface area (Å²) in [6, 6.07) is 3.11. The molecule has 3 rings (SSSR count). The van der Waals surface area contributed by atoms with Crippen LogP contribution in [-0.4, -0.2) is 73.7 Å². The minimum atomic E-state index is -3.23. The van der Waals surface area contributed by atoms with E-state index in [-0.39, 0.29) is 23.3 Å². The van der Waals surface area contributed by atoms with Gasteiger partial charge in [-0.15, -0.1) is 0 Å². The molecule has 0 aromatic heterocycles. The van der Waals surface area contributed by atoms with Crippen molar-refractivity contribution in [3.05, 3.63) is 16.6 Å². The van der Waals surface area contributed by atoms with Crippen LogP contribution in [0.1, 0.15) is 34.6 Å². The monoisotopic (exact) mass is 591 g/mol. The normalized spacial score (nSPS) is 22.1. The highest BCUT2D eigenvalue weighted by Gasteiger charge is 2.50. The number of anilines is 1. The lowest BCUT2D eigenvalue weighted by molar-refractivity contribution is -0.117. The second kappa shape index (κ2) is 11.0. The molecule has 0 bridgehead atoms. The molecule has 2 atom stereocenters. The van der Waals surface area contributed by atoms with Gasteiger partial charge >= 0.3 is 6.09 Å². The van der Waals surface area contributed by atoms with Crippen molar-refractivity contribution in [2.24, 2.45) is 4.99 Å². The molecule has 2 saturated heterocycles. The molecule has 0 unspecified atom stereocenters. The van der Waals surface area contributed by atoms with Gasteiger partial charge in [0.15, 0.2) is 26.5 Å². The Labute approximate surface area is 218 Å². The van der Waals surface area contributed by atoms with Gasteiger partial charge in [-0.2, -0.15) is 4.99 Å². The average molecular weight is 593 g/mol. The molecular weight excluding hydrogens is 562 g/mol. The Morgan fingerprint density at radius 2 is 1.80 bits per heavy atom. The molecule has 2 aliphatic heterocycles. The molecule has 0 saturated carbocycles. The molecule has 0 aliphatic carbocycles. The summed E-state index contributed by atoms with van der Waals surface area (Å²) >= 11 is 4.80. The Morgan fingerprint density at radius 3 is 2.40 bits per heavy atom. The van der Waals surface area contributed by atoms with Crippen molar-refractivity contribution in [2.45, 2.75) is 51.5 Å². The van der Waals surface area contributed by atoms with Crippen LogP contribution in [0.5, 0.6) is 11.5 Å². The number of rotatable bonds is 7. The lowest BCUT2D eigenvalue weighted by Crippen LogP contribution is -2.39. The molecular formula is C22H30BrN3O7S2. The molecule has 0 spiro atoms. The molecule has 1 N–H and O–H groups in total. The van der Waals surface area contributed by atoms with Crippen LogP contribution in [0, 0.1) is 0 Å². The molecule has 10 nitrogen and oxygen atoms in total. The molecule has 35 heavy (non-hydrogen) atoms. The first kappa shape index (κ1) is 27.6. The van der Waals surface area contributed by atoms with E-state index in [9.17, 15) is 18.0 Å². The van der Waals surface area contributed by atoms with E-state index in [0.717, 1.165) is 0 Å². The van der Waals surface area contributed by atoms with E-state index in [1.807, 2.05) is 13.8 Å². The highest BCUT2D eigenvalue weighted by Crippen LogP contribution is 2.46. The van der Waals surface area contributed by atoms with Gasteiger partial charge in [-0.1, -0.05) is 11.8 Å². The van der Waals surface area contributed by atoms with Crippen LogP contribution in [0.4, 0.5) is 10.5 Å². The second-order valence-electron chi connectivity index (χ2n) is 8.93. The number of ether oxygens (including phenoxy) is 3. The Morgan fingerprint density at radius 1 is 1.17 bits per heavy atom. The topological polar surface area (TPSA) is 124 Å². The predicted molar refractivity (Wildman–Crippen MR) is 139 cm³/mol. The van der Waals surface area contributed by atoms with Gasteiger partial charge in [-0.25, -0.2) is 13.2 Å². The summed E-state index contributed by atoms with van der Waals surface area (Å²) < 4.78 is 42.0. The van der Waals surface area contributed by atoms with Crippen LogP contribution in [0.15, 0.2) is 21.6 Å². The zero-order valence-electron chi connectivity index (χ0n) is 20.3. The number of amides is 2. The minimum Gasteiger partial charge on any atom is -0.490 e. The van der Waals surface area contributed by atoms with Crippen molar-refractivity contribution in [3.63, 3.8) is 0 Å². The number of carbonyl (C=O) groups is 2. The van der Waals surface area contributed by atoms with Gasteiger partial charge in [0.1, 0.15) is 12.1 Å². The van der Waals surface area contributed by atoms with Crippen molar-refractivity contribution in [2.75, 3.05) is 36.2 Å². The summed E-state index contributed by atoms with van der Waals surface area (Å²) in [5.41, 5.74) is -0.0845. The minimum absolute atomic E-state index is 0.00479. The summed E-state index contributed by atoms with van der Waals surface area (Å²) in [4.78, 5) is 30.5. The Kier molecular flexibility index (Phi) is 8.64. The summed E-state index contributed by atoms with van der Waals surface area (Å²) in [6.07, 6.45) is -0.722. The summed E-state index contributed by atoms with van der Waals surface area (Å²) in [5.74, 6) is 0.397. The number of nitrogens with zero attached hydrogens (tertiary/aromatic N) is 2. The van der Waals surface area contributed by atoms with Gasteiger partial charge in [-0.05, 0) is 50.5 Å². The number of thioether (sulfide) groups is 1. The molecule has 13 heteroatoms. The quantitative estimate of drug-likeness (QED) is 0.508. The molecule has 1 aromatic rings. The summed E-state index contributed by atoms with van der Waals surface area (Å²) in [7, 11) is -3.23. The van der Waals surface area contributed by atoms with Crippen molar-refractivity contribution in [1.82, 2.24) is 5.32 Å². The van der Waals surface area contributed by atoms with E-state index in [0.29, 0.717) is 40.0 Å². The lowest BCUT2D eigenvalue weighted by atomic mass is 10.2. The van der Waals surface area contributed by atoms with Crippen molar-refractivity contribution >= 4 is 60.4 Å². The summed E-state index contributed by atoms with van der Waals surface area (Å²) in [5, 5.41) is 2.48. The van der Waals surface area contributed by atoms with Crippen molar-refractivity contribution in [3.8, 4) is 11.5 Å². The van der Waals surface area contributed by atoms with Crippen LogP contribution in [0.3, 0.4) is 0 Å². The van der Waals surface area contributed by atoms with E-state index in [1.165, 1.54) is 11.8 Å². The average Bonchev–Trinajstić information content (AvgIpc) is 3.18. The number of sulfone groups is 1. The number of amidine groups is 1. The molecule has 1 aromatic carbocycles. The standard InChI is InChI=1S/C22H30BrN3O7S2/c1-6-31-16-8-13(23)14(9-17(16)32-7-2)26-15-11-35(29,30)12-18(15)34-20(26)25-19(27)10-24-21(28)33-22(3,4)5/h8-9,15,18H,6-7,10-12H2,1-5H3,(H,24,28)/t15-,18+/m0/s1. The largest absolute Gasteiger partial charge is 0.490 e. The smallest absolute Gasteiger partial charge is 0.408 e. The highest BCUT2D eigenvalue weighted by atomic mass is 79.9. The van der Waals surface area contributed by atoms with Crippen molar-refractivity contribution < 1.29 is 32.2 Å². The van der Waals surface area contributed by atoms with Gasteiger partial charge in [0.05, 0.1) is 36.4 Å². The van der Waals surface area contributed by atoms with Gasteiger partial charge in [0.2, 0.25) is 0 Å². The van der Waals surface area contributed by atoms with E-state index in [2.05, 4.69) is 26.2 Å². The second-order valence-corrected chi connectivity index (χ2v) is 13.1. The Bertz CT molecular complexity index is 1120. The maximum absolute atomic E-state index is 12.6. The zero-order valence-corrected chi connectivity index (χ0v) is 23.5. The zero-order chi connectivity index (χ0) is 26.0. The number of aliphatic imine (C=N–C) groups is 1. The number of benzene rings is 1. The molecule has 2 amide bonds. The van der Waals surface area contributed by atoms with Crippen LogP contribution < -0.4 is 19.7 Å². The van der Waals surface area contributed by atoms with E-state index in [4.69, 9.17) is 14.2 Å². The van der Waals surface area contributed by atoms with E-state index < -0.39 is 33.5 Å². The van der Waals surface area contributed by atoms with Crippen molar-refractivity contribution in [1.29, 1.82) is 0 Å². The number of alkyl carbamates (subject to hydrolysis) is 1. The first-order valence-electron chi connectivity index (χ1n) is 11.2. The number of carbonyl (C=O) groups excluding carboxylic acids is 2. The predicted octanol–water partition coefficient (Wildman–Crippen LogP) is 3.37. The fourth-order valence-corrected chi connectivity index (χ4v) is 8.14. The Hall–Kier alpha value is -1.99. The summed E-state index contributed by atoms with van der Waals surface area (Å²) in [6.45, 7) is 9.39. The number of fused-ring (bicyclic) bond motifs is 1. The van der Waals surface area contributed by atoms with Gasteiger partial charge in [0, 0.05) is 21.9 Å². The molecule has 0 radical (unpaired) electrons. The van der Waals surface area contributed by atoms with Gasteiger partial charge < -0.3 is 24.4 Å². The first-order chi connectivity index (χ1) is 16.3.